The predicted molar refractivity (Wildman–Crippen MR) is 78.8 cm³/mol. The minimum absolute atomic E-state index is 0.641. The molecule has 2 unspecified atom stereocenters. The van der Waals surface area contributed by atoms with Gasteiger partial charge in [0.1, 0.15) is 5.82 Å². The molecule has 4 heteroatoms. The number of hydrogen-bond donors (Lipinski definition) is 2. The Kier molecular flexibility index (Phi) is 3.19. The number of anilines is 1. The van der Waals surface area contributed by atoms with Crippen molar-refractivity contribution in [1.29, 1.82) is 0 Å². The number of fused-ring (bicyclic) bond motifs is 1. The van der Waals surface area contributed by atoms with Crippen LogP contribution in [0.1, 0.15) is 38.9 Å². The Balaban J connectivity index is 1.84. The van der Waals surface area contributed by atoms with Gasteiger partial charge in [-0.05, 0) is 44.9 Å². The summed E-state index contributed by atoms with van der Waals surface area (Å²) in [7, 11) is 0. The monoisotopic (exact) mass is 258 g/mol. The number of rotatable bonds is 2. The normalized spacial score (nSPS) is 24.9. The molecule has 0 saturated carbocycles. The van der Waals surface area contributed by atoms with Gasteiger partial charge in [0.15, 0.2) is 0 Å². The van der Waals surface area contributed by atoms with Crippen molar-refractivity contribution in [2.45, 2.75) is 51.7 Å². The molecule has 1 fully saturated rings. The summed E-state index contributed by atoms with van der Waals surface area (Å²) in [5.41, 5.74) is 8.62. The summed E-state index contributed by atoms with van der Waals surface area (Å²) in [5, 5.41) is 0. The maximum atomic E-state index is 5.80. The van der Waals surface area contributed by atoms with Gasteiger partial charge < -0.3 is 10.7 Å². The van der Waals surface area contributed by atoms with Gasteiger partial charge >= 0.3 is 0 Å². The molecular formula is C15H22N4. The van der Waals surface area contributed by atoms with Crippen molar-refractivity contribution in [3.8, 4) is 0 Å². The van der Waals surface area contributed by atoms with E-state index in [1.54, 1.807) is 0 Å². The number of nitrogens with two attached hydrogens (primary N) is 1. The van der Waals surface area contributed by atoms with E-state index in [1.165, 1.54) is 19.3 Å². The fraction of sp³-hybridized carbons (Fsp3) is 0.533. The number of nitrogens with one attached hydrogen (secondary N) is 1. The minimum Gasteiger partial charge on any atom is -0.399 e. The number of piperidine rings is 1. The predicted octanol–water partition coefficient (Wildman–Crippen LogP) is 2.91. The standard InChI is InChI=1S/C15H22N4/c1-10-4-3-5-11(2)19(10)9-15-17-13-7-6-12(16)8-14(13)18-15/h6-8,10-11H,3-5,9,16H2,1-2H3,(H,17,18). The Morgan fingerprint density at radius 2 is 2.05 bits per heavy atom. The summed E-state index contributed by atoms with van der Waals surface area (Å²) in [6.07, 6.45) is 3.92. The van der Waals surface area contributed by atoms with Crippen LogP contribution in [0.3, 0.4) is 0 Å². The topological polar surface area (TPSA) is 57.9 Å². The van der Waals surface area contributed by atoms with Crippen molar-refractivity contribution in [3.05, 3.63) is 24.0 Å². The van der Waals surface area contributed by atoms with Crippen LogP contribution in [0.5, 0.6) is 0 Å². The van der Waals surface area contributed by atoms with E-state index in [2.05, 4.69) is 28.7 Å². The van der Waals surface area contributed by atoms with E-state index in [9.17, 15) is 0 Å². The van der Waals surface area contributed by atoms with E-state index in [0.29, 0.717) is 12.1 Å². The van der Waals surface area contributed by atoms with Crippen LogP contribution in [-0.2, 0) is 6.54 Å². The van der Waals surface area contributed by atoms with Crippen LogP contribution in [0.2, 0.25) is 0 Å². The Morgan fingerprint density at radius 1 is 1.32 bits per heavy atom. The third-order valence-electron chi connectivity index (χ3n) is 4.26. The van der Waals surface area contributed by atoms with E-state index < -0.39 is 0 Å². The zero-order chi connectivity index (χ0) is 13.4. The highest BCUT2D eigenvalue weighted by atomic mass is 15.2. The van der Waals surface area contributed by atoms with Crippen LogP contribution in [0.4, 0.5) is 5.69 Å². The maximum absolute atomic E-state index is 5.80. The largest absolute Gasteiger partial charge is 0.399 e. The van der Waals surface area contributed by atoms with Crippen molar-refractivity contribution < 1.29 is 0 Å². The molecule has 3 rings (SSSR count). The zero-order valence-electron chi connectivity index (χ0n) is 11.7. The van der Waals surface area contributed by atoms with E-state index in [1.807, 2.05) is 18.2 Å². The second kappa shape index (κ2) is 4.85. The molecular weight excluding hydrogens is 236 g/mol. The lowest BCUT2D eigenvalue weighted by Crippen LogP contribution is -2.43. The average molecular weight is 258 g/mol. The van der Waals surface area contributed by atoms with Crippen LogP contribution >= 0.6 is 0 Å². The number of likely N-dealkylation sites (tertiary alicyclic amines) is 1. The number of aromatic amines is 1. The Bertz CT molecular complexity index is 565. The lowest BCUT2D eigenvalue weighted by molar-refractivity contribution is 0.0926. The SMILES string of the molecule is CC1CCCC(C)N1Cc1nc2ccc(N)cc2[nH]1. The Morgan fingerprint density at radius 3 is 2.79 bits per heavy atom. The lowest BCUT2D eigenvalue weighted by Gasteiger charge is -2.38. The van der Waals surface area contributed by atoms with Crippen molar-refractivity contribution in [2.24, 2.45) is 0 Å². The average Bonchev–Trinajstić information content (AvgIpc) is 2.75. The molecule has 0 bridgehead atoms. The van der Waals surface area contributed by atoms with Gasteiger partial charge in [-0.1, -0.05) is 6.42 Å². The van der Waals surface area contributed by atoms with Crippen LogP contribution in [0.25, 0.3) is 11.0 Å². The second-order valence-electron chi connectivity index (χ2n) is 5.76. The van der Waals surface area contributed by atoms with Gasteiger partial charge in [0.05, 0.1) is 17.6 Å². The number of aromatic nitrogens is 2. The number of imidazole rings is 1. The Hall–Kier alpha value is -1.55. The van der Waals surface area contributed by atoms with Crippen LogP contribution in [-0.4, -0.2) is 27.0 Å². The van der Waals surface area contributed by atoms with Gasteiger partial charge in [-0.25, -0.2) is 4.98 Å². The van der Waals surface area contributed by atoms with E-state index in [4.69, 9.17) is 5.73 Å². The minimum atomic E-state index is 0.641. The molecule has 0 radical (unpaired) electrons. The highest BCUT2D eigenvalue weighted by molar-refractivity contribution is 5.78. The molecule has 102 valence electrons. The molecule has 0 amide bonds. The van der Waals surface area contributed by atoms with E-state index in [-0.39, 0.29) is 0 Å². The molecule has 19 heavy (non-hydrogen) atoms. The molecule has 1 aromatic carbocycles. The molecule has 4 nitrogen and oxygen atoms in total. The molecule has 0 aliphatic carbocycles. The zero-order valence-corrected chi connectivity index (χ0v) is 11.7. The summed E-state index contributed by atoms with van der Waals surface area (Å²) in [4.78, 5) is 10.6. The molecule has 3 N–H and O–H groups in total. The van der Waals surface area contributed by atoms with Gasteiger partial charge in [-0.15, -0.1) is 0 Å². The van der Waals surface area contributed by atoms with E-state index >= 15 is 0 Å². The Labute approximate surface area is 114 Å². The van der Waals surface area contributed by atoms with Gasteiger partial charge in [0.25, 0.3) is 0 Å². The van der Waals surface area contributed by atoms with Crippen LogP contribution < -0.4 is 5.73 Å². The molecule has 2 heterocycles. The molecule has 0 spiro atoms. The van der Waals surface area contributed by atoms with Crippen LogP contribution in [0, 0.1) is 0 Å². The van der Waals surface area contributed by atoms with Gasteiger partial charge in [0.2, 0.25) is 0 Å². The van der Waals surface area contributed by atoms with Crippen molar-refractivity contribution >= 4 is 16.7 Å². The molecule has 2 aromatic rings. The van der Waals surface area contributed by atoms with Gasteiger partial charge in [-0.3, -0.25) is 4.90 Å². The third kappa shape index (κ3) is 2.45. The first kappa shape index (κ1) is 12.5. The number of benzene rings is 1. The summed E-state index contributed by atoms with van der Waals surface area (Å²) in [6.45, 7) is 5.53. The quantitative estimate of drug-likeness (QED) is 0.814. The van der Waals surface area contributed by atoms with E-state index in [0.717, 1.165) is 29.1 Å². The van der Waals surface area contributed by atoms with Gasteiger partial charge in [-0.2, -0.15) is 0 Å². The van der Waals surface area contributed by atoms with Crippen molar-refractivity contribution in [3.63, 3.8) is 0 Å². The molecule has 1 aliphatic rings. The van der Waals surface area contributed by atoms with Crippen LogP contribution in [0.15, 0.2) is 18.2 Å². The number of nitrogen functional groups attached to an aromatic ring is 1. The fourth-order valence-electron chi connectivity index (χ4n) is 3.11. The highest BCUT2D eigenvalue weighted by Gasteiger charge is 2.25. The first-order valence-electron chi connectivity index (χ1n) is 7.13. The summed E-state index contributed by atoms with van der Waals surface area (Å²) >= 11 is 0. The summed E-state index contributed by atoms with van der Waals surface area (Å²) in [5.74, 6) is 1.04. The molecule has 1 aromatic heterocycles. The smallest absolute Gasteiger partial charge is 0.121 e. The number of nitrogens with zero attached hydrogens (tertiary/aromatic N) is 2. The first-order valence-corrected chi connectivity index (χ1v) is 7.13. The second-order valence-corrected chi connectivity index (χ2v) is 5.76. The number of hydrogen-bond acceptors (Lipinski definition) is 3. The number of H-pyrrole nitrogens is 1. The molecule has 1 aliphatic heterocycles. The third-order valence-corrected chi connectivity index (χ3v) is 4.26. The fourth-order valence-corrected chi connectivity index (χ4v) is 3.11. The summed E-state index contributed by atoms with van der Waals surface area (Å²) in [6, 6.07) is 7.12. The first-order chi connectivity index (χ1) is 9.13. The van der Waals surface area contributed by atoms with Crippen molar-refractivity contribution in [2.75, 3.05) is 5.73 Å². The van der Waals surface area contributed by atoms with Gasteiger partial charge in [0, 0.05) is 17.8 Å². The summed E-state index contributed by atoms with van der Waals surface area (Å²) < 4.78 is 0. The maximum Gasteiger partial charge on any atom is 0.121 e. The molecule has 1 saturated heterocycles. The lowest BCUT2D eigenvalue weighted by atomic mass is 9.98. The molecule has 2 atom stereocenters. The van der Waals surface area contributed by atoms with Crippen molar-refractivity contribution in [1.82, 2.24) is 14.9 Å². The highest BCUT2D eigenvalue weighted by Crippen LogP contribution is 2.24.